The number of rotatable bonds is 5. The number of aryl methyl sites for hydroxylation is 1. The Kier molecular flexibility index (Phi) is 4.50. The van der Waals surface area contributed by atoms with Crippen LogP contribution in [0, 0.1) is 6.92 Å². The van der Waals surface area contributed by atoms with Crippen LogP contribution in [0.4, 0.5) is 5.82 Å². The highest BCUT2D eigenvalue weighted by Crippen LogP contribution is 2.41. The molecule has 1 aliphatic heterocycles. The van der Waals surface area contributed by atoms with E-state index in [0.29, 0.717) is 6.04 Å². The standard InChI is InChI=1S/C18H25N5S/c1-13-9-17(21-12-20-13)22(2)15-5-7-23(8-6-15)11-16-10-19-18(24-16)14-3-4-14/h9-10,12,14-15H,3-8,11H2,1-2H3. The van der Waals surface area contributed by atoms with Crippen LogP contribution in [0.1, 0.15) is 47.2 Å². The second-order valence-corrected chi connectivity index (χ2v) is 8.22. The third-order valence-electron chi connectivity index (χ3n) is 5.13. The third kappa shape index (κ3) is 3.59. The predicted molar refractivity (Wildman–Crippen MR) is 97.6 cm³/mol. The first-order valence-electron chi connectivity index (χ1n) is 8.87. The largest absolute Gasteiger partial charge is 0.356 e. The Labute approximate surface area is 147 Å². The summed E-state index contributed by atoms with van der Waals surface area (Å²) in [4.78, 5) is 19.5. The smallest absolute Gasteiger partial charge is 0.132 e. The minimum Gasteiger partial charge on any atom is -0.356 e. The molecule has 0 aromatic carbocycles. The van der Waals surface area contributed by atoms with Gasteiger partial charge in [0.15, 0.2) is 0 Å². The van der Waals surface area contributed by atoms with Crippen molar-refractivity contribution >= 4 is 17.2 Å². The number of likely N-dealkylation sites (tertiary alicyclic amines) is 1. The average molecular weight is 344 g/mol. The molecule has 24 heavy (non-hydrogen) atoms. The van der Waals surface area contributed by atoms with Crippen LogP contribution in [-0.2, 0) is 6.54 Å². The van der Waals surface area contributed by atoms with Crippen LogP contribution in [0.5, 0.6) is 0 Å². The summed E-state index contributed by atoms with van der Waals surface area (Å²) in [6.07, 6.45) is 8.82. The van der Waals surface area contributed by atoms with Crippen molar-refractivity contribution in [2.24, 2.45) is 0 Å². The maximum absolute atomic E-state index is 4.60. The predicted octanol–water partition coefficient (Wildman–Crippen LogP) is 3.22. The Morgan fingerprint density at radius 2 is 1.96 bits per heavy atom. The minimum absolute atomic E-state index is 0.569. The van der Waals surface area contributed by atoms with Gasteiger partial charge in [-0.2, -0.15) is 0 Å². The van der Waals surface area contributed by atoms with Gasteiger partial charge >= 0.3 is 0 Å². The van der Waals surface area contributed by atoms with E-state index in [2.05, 4.69) is 44.1 Å². The van der Waals surface area contributed by atoms with Gasteiger partial charge in [-0.15, -0.1) is 11.3 Å². The van der Waals surface area contributed by atoms with E-state index < -0.39 is 0 Å². The van der Waals surface area contributed by atoms with Crippen LogP contribution < -0.4 is 4.90 Å². The van der Waals surface area contributed by atoms with Gasteiger partial charge in [0.25, 0.3) is 0 Å². The van der Waals surface area contributed by atoms with Crippen molar-refractivity contribution in [2.75, 3.05) is 25.0 Å². The molecule has 2 fully saturated rings. The third-order valence-corrected chi connectivity index (χ3v) is 6.28. The van der Waals surface area contributed by atoms with Gasteiger partial charge in [-0.1, -0.05) is 0 Å². The molecule has 1 saturated heterocycles. The van der Waals surface area contributed by atoms with E-state index in [0.717, 1.165) is 37.1 Å². The Bertz CT molecular complexity index is 688. The zero-order chi connectivity index (χ0) is 16.5. The number of hydrogen-bond acceptors (Lipinski definition) is 6. The molecule has 2 aliphatic rings. The summed E-state index contributed by atoms with van der Waals surface area (Å²) >= 11 is 1.92. The van der Waals surface area contributed by atoms with E-state index in [-0.39, 0.29) is 0 Å². The summed E-state index contributed by atoms with van der Waals surface area (Å²) in [5.74, 6) is 1.82. The normalized spacial score (nSPS) is 19.6. The van der Waals surface area contributed by atoms with Crippen LogP contribution >= 0.6 is 11.3 Å². The Balaban J connectivity index is 1.31. The van der Waals surface area contributed by atoms with E-state index in [9.17, 15) is 0 Å². The zero-order valence-electron chi connectivity index (χ0n) is 14.5. The Morgan fingerprint density at radius 1 is 1.17 bits per heavy atom. The van der Waals surface area contributed by atoms with Gasteiger partial charge in [0.05, 0.1) is 5.01 Å². The minimum atomic E-state index is 0.569. The van der Waals surface area contributed by atoms with Crippen LogP contribution in [0.15, 0.2) is 18.6 Å². The van der Waals surface area contributed by atoms with Gasteiger partial charge in [-0.25, -0.2) is 15.0 Å². The van der Waals surface area contributed by atoms with Crippen molar-refractivity contribution in [3.8, 4) is 0 Å². The van der Waals surface area contributed by atoms with Crippen LogP contribution in [0.25, 0.3) is 0 Å². The van der Waals surface area contributed by atoms with E-state index in [1.807, 2.05) is 18.3 Å². The van der Waals surface area contributed by atoms with Crippen molar-refractivity contribution in [2.45, 2.75) is 51.1 Å². The molecule has 0 unspecified atom stereocenters. The molecule has 1 aliphatic carbocycles. The number of thiazole rings is 1. The summed E-state index contributed by atoms with van der Waals surface area (Å²) in [5, 5.41) is 1.36. The van der Waals surface area contributed by atoms with Crippen molar-refractivity contribution in [3.63, 3.8) is 0 Å². The molecule has 0 N–H and O–H groups in total. The van der Waals surface area contributed by atoms with Gasteiger partial charge in [0, 0.05) is 61.5 Å². The monoisotopic (exact) mass is 343 g/mol. The highest BCUT2D eigenvalue weighted by molar-refractivity contribution is 7.11. The van der Waals surface area contributed by atoms with E-state index in [4.69, 9.17) is 0 Å². The van der Waals surface area contributed by atoms with E-state index in [1.165, 1.54) is 35.6 Å². The fourth-order valence-electron chi connectivity index (χ4n) is 3.42. The maximum atomic E-state index is 4.60. The van der Waals surface area contributed by atoms with E-state index in [1.54, 1.807) is 6.33 Å². The molecular weight excluding hydrogens is 318 g/mol. The molecule has 6 heteroatoms. The maximum Gasteiger partial charge on any atom is 0.132 e. The van der Waals surface area contributed by atoms with Crippen molar-refractivity contribution in [3.05, 3.63) is 34.2 Å². The lowest BCUT2D eigenvalue weighted by Gasteiger charge is -2.37. The van der Waals surface area contributed by atoms with E-state index >= 15 is 0 Å². The number of anilines is 1. The topological polar surface area (TPSA) is 45.2 Å². The molecule has 5 nitrogen and oxygen atoms in total. The molecule has 128 valence electrons. The molecule has 0 radical (unpaired) electrons. The second kappa shape index (κ2) is 6.76. The zero-order valence-corrected chi connectivity index (χ0v) is 15.3. The fraction of sp³-hybridized carbons (Fsp3) is 0.611. The summed E-state index contributed by atoms with van der Waals surface area (Å²) < 4.78 is 0. The second-order valence-electron chi connectivity index (χ2n) is 7.07. The molecule has 2 aromatic rings. The number of hydrogen-bond donors (Lipinski definition) is 0. The lowest BCUT2D eigenvalue weighted by molar-refractivity contribution is 0.204. The molecule has 2 aromatic heterocycles. The Morgan fingerprint density at radius 3 is 2.67 bits per heavy atom. The van der Waals surface area contributed by atoms with Crippen LogP contribution in [0.3, 0.4) is 0 Å². The molecule has 0 bridgehead atoms. The number of aromatic nitrogens is 3. The number of nitrogens with zero attached hydrogens (tertiary/aromatic N) is 5. The van der Waals surface area contributed by atoms with Crippen LogP contribution in [-0.4, -0.2) is 46.0 Å². The SMILES string of the molecule is Cc1cc(N(C)C2CCN(Cc3cnc(C4CC4)s3)CC2)ncn1. The molecule has 1 saturated carbocycles. The van der Waals surface area contributed by atoms with Crippen molar-refractivity contribution in [1.29, 1.82) is 0 Å². The quantitative estimate of drug-likeness (QED) is 0.834. The van der Waals surface area contributed by atoms with Gasteiger partial charge < -0.3 is 4.90 Å². The summed E-state index contributed by atoms with van der Waals surface area (Å²) in [5.41, 5.74) is 1.03. The van der Waals surface area contributed by atoms with Crippen LogP contribution in [0.2, 0.25) is 0 Å². The molecule has 3 heterocycles. The molecular formula is C18H25N5S. The number of piperidine rings is 1. The molecule has 0 atom stereocenters. The van der Waals surface area contributed by atoms with Crippen molar-refractivity contribution < 1.29 is 0 Å². The lowest BCUT2D eigenvalue weighted by atomic mass is 10.0. The Hall–Kier alpha value is -1.53. The first-order chi connectivity index (χ1) is 11.7. The molecule has 0 spiro atoms. The van der Waals surface area contributed by atoms with Gasteiger partial charge in [-0.3, -0.25) is 4.90 Å². The summed E-state index contributed by atoms with van der Waals surface area (Å²) in [6.45, 7) is 5.38. The summed E-state index contributed by atoms with van der Waals surface area (Å²) in [6, 6.07) is 2.64. The highest BCUT2D eigenvalue weighted by Gasteiger charge is 2.27. The molecule has 4 rings (SSSR count). The molecule has 0 amide bonds. The highest BCUT2D eigenvalue weighted by atomic mass is 32.1. The average Bonchev–Trinajstić information content (AvgIpc) is 3.35. The first kappa shape index (κ1) is 16.0. The van der Waals surface area contributed by atoms with Gasteiger partial charge in [-0.05, 0) is 32.6 Å². The van der Waals surface area contributed by atoms with Crippen molar-refractivity contribution in [1.82, 2.24) is 19.9 Å². The first-order valence-corrected chi connectivity index (χ1v) is 9.69. The lowest BCUT2D eigenvalue weighted by Crippen LogP contribution is -2.43. The summed E-state index contributed by atoms with van der Waals surface area (Å²) in [7, 11) is 2.16. The van der Waals surface area contributed by atoms with Gasteiger partial charge in [0.2, 0.25) is 0 Å². The van der Waals surface area contributed by atoms with Gasteiger partial charge in [0.1, 0.15) is 12.1 Å². The fourth-order valence-corrected chi connectivity index (χ4v) is 4.55.